The van der Waals surface area contributed by atoms with Crippen molar-refractivity contribution in [3.8, 4) is 5.75 Å². The number of aryl methyl sites for hydroxylation is 1. The molecule has 1 amide bonds. The van der Waals surface area contributed by atoms with Crippen molar-refractivity contribution in [1.82, 2.24) is 20.1 Å². The van der Waals surface area contributed by atoms with E-state index < -0.39 is 12.6 Å². The van der Waals surface area contributed by atoms with Gasteiger partial charge in [-0.3, -0.25) is 4.79 Å². The van der Waals surface area contributed by atoms with Crippen LogP contribution in [-0.2, 0) is 4.79 Å². The van der Waals surface area contributed by atoms with Crippen molar-refractivity contribution in [1.29, 1.82) is 0 Å². The molecule has 1 unspecified atom stereocenters. The lowest BCUT2D eigenvalue weighted by molar-refractivity contribution is -0.139. The summed E-state index contributed by atoms with van der Waals surface area (Å²) < 4.78 is 6.94. The molecule has 2 aromatic heterocycles. The quantitative estimate of drug-likeness (QED) is 0.635. The molecule has 0 fully saturated rings. The van der Waals surface area contributed by atoms with Crippen LogP contribution in [0.5, 0.6) is 5.75 Å². The van der Waals surface area contributed by atoms with Gasteiger partial charge in [0.25, 0.3) is 5.91 Å². The third-order valence-electron chi connectivity index (χ3n) is 4.52. The zero-order valence-corrected chi connectivity index (χ0v) is 16.8. The van der Waals surface area contributed by atoms with E-state index in [2.05, 4.69) is 15.4 Å². The Morgan fingerprint density at radius 3 is 2.52 bits per heavy atom. The number of pyridine rings is 1. The standard InChI is InChI=1S/C21H24N4O4/c1-12(2)25-20-18(10-22-25)17(9-13(3)23-20)21(28)24-14(4)15-5-7-16(8-6-15)29-11-19(26)27/h5-10,12,14H,11H2,1-4H3,(H,24,28)(H,26,27). The van der Waals surface area contributed by atoms with Crippen molar-refractivity contribution in [2.24, 2.45) is 0 Å². The summed E-state index contributed by atoms with van der Waals surface area (Å²) in [6, 6.07) is 8.61. The number of carboxylic acid groups (broad SMARTS) is 1. The van der Waals surface area contributed by atoms with Gasteiger partial charge in [-0.2, -0.15) is 5.10 Å². The van der Waals surface area contributed by atoms with Crippen LogP contribution in [0.15, 0.2) is 36.5 Å². The normalized spacial score (nSPS) is 12.2. The van der Waals surface area contributed by atoms with E-state index in [1.807, 2.05) is 27.7 Å². The van der Waals surface area contributed by atoms with Gasteiger partial charge in [0.05, 0.1) is 23.2 Å². The van der Waals surface area contributed by atoms with E-state index in [1.165, 1.54) is 0 Å². The maximum absolute atomic E-state index is 13.0. The van der Waals surface area contributed by atoms with Crippen molar-refractivity contribution in [3.63, 3.8) is 0 Å². The highest BCUT2D eigenvalue weighted by molar-refractivity contribution is 6.05. The number of amides is 1. The SMILES string of the molecule is Cc1cc(C(=O)NC(C)c2ccc(OCC(=O)O)cc2)c2cnn(C(C)C)c2n1. The number of fused-ring (bicyclic) bond motifs is 1. The van der Waals surface area contributed by atoms with Crippen molar-refractivity contribution in [2.75, 3.05) is 6.61 Å². The van der Waals surface area contributed by atoms with Gasteiger partial charge in [0.15, 0.2) is 12.3 Å². The smallest absolute Gasteiger partial charge is 0.341 e. The molecular weight excluding hydrogens is 372 g/mol. The molecule has 0 bridgehead atoms. The number of ether oxygens (including phenoxy) is 1. The maximum Gasteiger partial charge on any atom is 0.341 e. The van der Waals surface area contributed by atoms with Gasteiger partial charge >= 0.3 is 5.97 Å². The number of rotatable bonds is 7. The minimum Gasteiger partial charge on any atom is -0.482 e. The second kappa shape index (κ2) is 8.30. The number of carbonyl (C=O) groups excluding carboxylic acids is 1. The van der Waals surface area contributed by atoms with E-state index in [0.29, 0.717) is 22.3 Å². The topological polar surface area (TPSA) is 106 Å². The Morgan fingerprint density at radius 1 is 1.21 bits per heavy atom. The Labute approximate surface area is 168 Å². The Morgan fingerprint density at radius 2 is 1.90 bits per heavy atom. The minimum atomic E-state index is -1.03. The molecule has 152 valence electrons. The monoisotopic (exact) mass is 396 g/mol. The van der Waals surface area contributed by atoms with E-state index in [-0.39, 0.29) is 18.0 Å². The molecule has 0 spiro atoms. The fraction of sp³-hybridized carbons (Fsp3) is 0.333. The molecule has 0 radical (unpaired) electrons. The summed E-state index contributed by atoms with van der Waals surface area (Å²) in [6.45, 7) is 7.37. The molecule has 2 heterocycles. The van der Waals surface area contributed by atoms with Crippen LogP contribution in [-0.4, -0.2) is 38.4 Å². The molecule has 3 rings (SSSR count). The fourth-order valence-electron chi connectivity index (χ4n) is 3.06. The Kier molecular flexibility index (Phi) is 5.81. The van der Waals surface area contributed by atoms with Crippen LogP contribution in [0.2, 0.25) is 0 Å². The van der Waals surface area contributed by atoms with Gasteiger partial charge in [-0.1, -0.05) is 12.1 Å². The first kappa shape index (κ1) is 20.3. The van der Waals surface area contributed by atoms with Crippen molar-refractivity contribution >= 4 is 22.9 Å². The molecule has 0 aliphatic rings. The summed E-state index contributed by atoms with van der Waals surface area (Å²) in [5.41, 5.74) is 2.85. The number of nitrogens with one attached hydrogen (secondary N) is 1. The third-order valence-corrected chi connectivity index (χ3v) is 4.52. The molecule has 0 saturated heterocycles. The Hall–Kier alpha value is -3.42. The van der Waals surface area contributed by atoms with Crippen molar-refractivity contribution < 1.29 is 19.4 Å². The summed E-state index contributed by atoms with van der Waals surface area (Å²) in [5, 5.41) is 16.8. The molecule has 8 nitrogen and oxygen atoms in total. The second-order valence-corrected chi connectivity index (χ2v) is 7.18. The second-order valence-electron chi connectivity index (χ2n) is 7.18. The first-order valence-corrected chi connectivity index (χ1v) is 9.36. The highest BCUT2D eigenvalue weighted by Crippen LogP contribution is 2.23. The maximum atomic E-state index is 13.0. The lowest BCUT2D eigenvalue weighted by Gasteiger charge is -2.16. The highest BCUT2D eigenvalue weighted by Gasteiger charge is 2.18. The summed E-state index contributed by atoms with van der Waals surface area (Å²) in [7, 11) is 0. The molecule has 29 heavy (non-hydrogen) atoms. The third kappa shape index (κ3) is 4.53. The summed E-state index contributed by atoms with van der Waals surface area (Å²) in [6.07, 6.45) is 1.68. The van der Waals surface area contributed by atoms with E-state index >= 15 is 0 Å². The lowest BCUT2D eigenvalue weighted by Crippen LogP contribution is -2.27. The van der Waals surface area contributed by atoms with Gasteiger partial charge in [0.2, 0.25) is 0 Å². The van der Waals surface area contributed by atoms with Crippen LogP contribution in [0.3, 0.4) is 0 Å². The average molecular weight is 396 g/mol. The zero-order chi connectivity index (χ0) is 21.1. The summed E-state index contributed by atoms with van der Waals surface area (Å²) >= 11 is 0. The van der Waals surface area contributed by atoms with Crippen molar-refractivity contribution in [2.45, 2.75) is 39.8 Å². The molecule has 2 N–H and O–H groups in total. The van der Waals surface area contributed by atoms with Gasteiger partial charge in [-0.05, 0) is 51.5 Å². The molecule has 1 atom stereocenters. The molecule has 3 aromatic rings. The van der Waals surface area contributed by atoms with Crippen LogP contribution in [0.25, 0.3) is 11.0 Å². The predicted octanol–water partition coefficient (Wildman–Crippen LogP) is 3.28. The minimum absolute atomic E-state index is 0.137. The number of carboxylic acids is 1. The molecule has 0 saturated carbocycles. The first-order chi connectivity index (χ1) is 13.8. The number of aromatic nitrogens is 3. The number of aliphatic carboxylic acids is 1. The van der Waals surface area contributed by atoms with Gasteiger partial charge in [-0.25, -0.2) is 14.5 Å². The predicted molar refractivity (Wildman–Crippen MR) is 108 cm³/mol. The van der Waals surface area contributed by atoms with E-state index in [1.54, 1.807) is 41.2 Å². The molecule has 0 aliphatic carbocycles. The molecule has 8 heteroatoms. The number of nitrogens with zero attached hydrogens (tertiary/aromatic N) is 3. The van der Waals surface area contributed by atoms with Crippen LogP contribution >= 0.6 is 0 Å². The van der Waals surface area contributed by atoms with Gasteiger partial charge in [-0.15, -0.1) is 0 Å². The van der Waals surface area contributed by atoms with Gasteiger partial charge < -0.3 is 15.2 Å². The summed E-state index contributed by atoms with van der Waals surface area (Å²) in [5.74, 6) is -0.779. The van der Waals surface area contributed by atoms with Crippen LogP contribution < -0.4 is 10.1 Å². The van der Waals surface area contributed by atoms with Gasteiger partial charge in [0.1, 0.15) is 5.75 Å². The molecular formula is C21H24N4O4. The number of hydrogen-bond acceptors (Lipinski definition) is 5. The van der Waals surface area contributed by atoms with Crippen molar-refractivity contribution in [3.05, 3.63) is 53.3 Å². The number of benzene rings is 1. The molecule has 1 aromatic carbocycles. The number of carbonyl (C=O) groups is 2. The van der Waals surface area contributed by atoms with Crippen LogP contribution in [0, 0.1) is 6.92 Å². The van der Waals surface area contributed by atoms with Gasteiger partial charge in [0, 0.05) is 11.7 Å². The molecule has 0 aliphatic heterocycles. The van der Waals surface area contributed by atoms with E-state index in [0.717, 1.165) is 11.3 Å². The zero-order valence-electron chi connectivity index (χ0n) is 16.8. The number of hydrogen-bond donors (Lipinski definition) is 2. The average Bonchev–Trinajstić information content (AvgIpc) is 3.09. The van der Waals surface area contributed by atoms with E-state index in [4.69, 9.17) is 9.84 Å². The Balaban J connectivity index is 1.78. The largest absolute Gasteiger partial charge is 0.482 e. The van der Waals surface area contributed by atoms with Crippen LogP contribution in [0.1, 0.15) is 54.5 Å². The fourth-order valence-corrected chi connectivity index (χ4v) is 3.06. The van der Waals surface area contributed by atoms with Crippen LogP contribution in [0.4, 0.5) is 0 Å². The first-order valence-electron chi connectivity index (χ1n) is 9.36. The highest BCUT2D eigenvalue weighted by atomic mass is 16.5. The van der Waals surface area contributed by atoms with E-state index in [9.17, 15) is 9.59 Å². The summed E-state index contributed by atoms with van der Waals surface area (Å²) in [4.78, 5) is 28.1. The lowest BCUT2D eigenvalue weighted by atomic mass is 10.1. The Bertz CT molecular complexity index is 1040.